The van der Waals surface area contributed by atoms with Crippen molar-refractivity contribution in [2.75, 3.05) is 18.1 Å². The van der Waals surface area contributed by atoms with E-state index in [1.807, 2.05) is 45.0 Å². The van der Waals surface area contributed by atoms with E-state index in [1.54, 1.807) is 11.0 Å². The number of para-hydroxylation sites is 2. The Hall–Kier alpha value is -2.34. The summed E-state index contributed by atoms with van der Waals surface area (Å²) in [6, 6.07) is 9.32. The van der Waals surface area contributed by atoms with Gasteiger partial charge in [-0.1, -0.05) is 17.3 Å². The largest absolute Gasteiger partial charge is 0.484 e. The third kappa shape index (κ3) is 3.53. The van der Waals surface area contributed by atoms with Gasteiger partial charge < -0.3 is 18.9 Å². The fraction of sp³-hybridized carbons (Fsp3) is 0.412. The zero-order valence-electron chi connectivity index (χ0n) is 13.5. The Labute approximate surface area is 135 Å². The van der Waals surface area contributed by atoms with Crippen molar-refractivity contribution in [3.63, 3.8) is 0 Å². The van der Waals surface area contributed by atoms with Crippen molar-refractivity contribution in [2.24, 2.45) is 0 Å². The summed E-state index contributed by atoms with van der Waals surface area (Å²) in [5.41, 5.74) is 1.13. The quantitative estimate of drug-likeness (QED) is 0.867. The van der Waals surface area contributed by atoms with Crippen molar-refractivity contribution in [1.82, 2.24) is 5.16 Å². The lowest BCUT2D eigenvalue weighted by molar-refractivity contribution is -0.124. The van der Waals surface area contributed by atoms with Crippen LogP contribution in [-0.4, -0.2) is 29.8 Å². The summed E-state index contributed by atoms with van der Waals surface area (Å²) in [5.74, 6) is 1.21. The van der Waals surface area contributed by atoms with Crippen LogP contribution in [0, 0.1) is 6.92 Å². The number of aryl methyl sites for hydroxylation is 1. The number of hydrogen-bond donors (Lipinski definition) is 0. The van der Waals surface area contributed by atoms with Gasteiger partial charge in [0.05, 0.1) is 17.9 Å². The van der Waals surface area contributed by atoms with E-state index in [0.717, 1.165) is 11.4 Å². The van der Waals surface area contributed by atoms with Crippen LogP contribution < -0.4 is 9.64 Å². The maximum atomic E-state index is 12.5. The summed E-state index contributed by atoms with van der Waals surface area (Å²) in [6.45, 7) is 6.44. The van der Waals surface area contributed by atoms with Gasteiger partial charge in [-0.25, -0.2) is 0 Å². The van der Waals surface area contributed by atoms with E-state index in [9.17, 15) is 4.79 Å². The molecule has 0 spiro atoms. The molecule has 3 rings (SSSR count). The van der Waals surface area contributed by atoms with E-state index in [0.29, 0.717) is 18.1 Å². The number of fused-ring (bicyclic) bond motifs is 1. The van der Waals surface area contributed by atoms with Crippen LogP contribution in [0.2, 0.25) is 0 Å². The van der Waals surface area contributed by atoms with Crippen LogP contribution in [0.1, 0.15) is 25.3 Å². The standard InChI is InChI=1S/C17H20N2O4/c1-12-8-13(23-18-12)9-21-10-16(20)19-11-17(2,3)22-15-7-5-4-6-14(15)19/h4-8H,9-11H2,1-3H3. The zero-order chi connectivity index (χ0) is 16.4. The predicted octanol–water partition coefficient (Wildman–Crippen LogP) is 2.70. The van der Waals surface area contributed by atoms with Crippen LogP contribution in [0.15, 0.2) is 34.9 Å². The van der Waals surface area contributed by atoms with Gasteiger partial charge in [0.15, 0.2) is 5.76 Å². The Morgan fingerprint density at radius 3 is 2.91 bits per heavy atom. The number of carbonyl (C=O) groups excluding carboxylic acids is 1. The molecule has 0 radical (unpaired) electrons. The number of aromatic nitrogens is 1. The first-order chi connectivity index (χ1) is 10.9. The molecule has 23 heavy (non-hydrogen) atoms. The molecule has 2 aromatic rings. The molecule has 0 atom stereocenters. The number of rotatable bonds is 4. The van der Waals surface area contributed by atoms with Gasteiger partial charge in [0.25, 0.3) is 5.91 Å². The number of anilines is 1. The Morgan fingerprint density at radius 1 is 1.39 bits per heavy atom. The van der Waals surface area contributed by atoms with Gasteiger partial charge in [-0.2, -0.15) is 0 Å². The molecule has 2 heterocycles. The van der Waals surface area contributed by atoms with Gasteiger partial charge in [0, 0.05) is 6.07 Å². The number of benzene rings is 1. The first-order valence-corrected chi connectivity index (χ1v) is 7.53. The third-order valence-electron chi connectivity index (χ3n) is 3.53. The van der Waals surface area contributed by atoms with Crippen molar-refractivity contribution < 1.29 is 18.8 Å². The number of nitrogens with zero attached hydrogens (tertiary/aromatic N) is 2. The van der Waals surface area contributed by atoms with Crippen LogP contribution in [0.3, 0.4) is 0 Å². The third-order valence-corrected chi connectivity index (χ3v) is 3.53. The zero-order valence-corrected chi connectivity index (χ0v) is 13.5. The fourth-order valence-corrected chi connectivity index (χ4v) is 2.59. The van der Waals surface area contributed by atoms with E-state index in [2.05, 4.69) is 5.16 Å². The maximum Gasteiger partial charge on any atom is 0.253 e. The van der Waals surface area contributed by atoms with Crippen molar-refractivity contribution in [2.45, 2.75) is 33.0 Å². The normalized spacial score (nSPS) is 15.9. The van der Waals surface area contributed by atoms with E-state index < -0.39 is 5.60 Å². The average Bonchev–Trinajstić information content (AvgIpc) is 2.91. The second-order valence-electron chi connectivity index (χ2n) is 6.24. The maximum absolute atomic E-state index is 12.5. The molecule has 0 bridgehead atoms. The van der Waals surface area contributed by atoms with Crippen LogP contribution >= 0.6 is 0 Å². The summed E-state index contributed by atoms with van der Waals surface area (Å²) in [6.07, 6.45) is 0. The number of hydrogen-bond acceptors (Lipinski definition) is 5. The number of amides is 1. The molecule has 1 aliphatic rings. The van der Waals surface area contributed by atoms with Crippen LogP contribution in [0.25, 0.3) is 0 Å². The number of carbonyl (C=O) groups is 1. The Balaban J connectivity index is 1.66. The molecular formula is C17H20N2O4. The van der Waals surface area contributed by atoms with Gasteiger partial charge in [-0.3, -0.25) is 4.79 Å². The smallest absolute Gasteiger partial charge is 0.253 e. The summed E-state index contributed by atoms with van der Waals surface area (Å²) >= 11 is 0. The van der Waals surface area contributed by atoms with Crippen molar-refractivity contribution in [1.29, 1.82) is 0 Å². The molecule has 6 nitrogen and oxygen atoms in total. The van der Waals surface area contributed by atoms with Crippen molar-refractivity contribution in [3.8, 4) is 5.75 Å². The van der Waals surface area contributed by atoms with Crippen molar-refractivity contribution >= 4 is 11.6 Å². The summed E-state index contributed by atoms with van der Waals surface area (Å²) in [4.78, 5) is 14.3. The molecule has 0 unspecified atom stereocenters. The number of ether oxygens (including phenoxy) is 2. The summed E-state index contributed by atoms with van der Waals surface area (Å²) < 4.78 is 16.4. The highest BCUT2D eigenvalue weighted by atomic mass is 16.5. The molecule has 1 amide bonds. The molecule has 0 saturated carbocycles. The highest BCUT2D eigenvalue weighted by molar-refractivity contribution is 5.96. The summed E-state index contributed by atoms with van der Waals surface area (Å²) in [5, 5.41) is 3.79. The Bertz CT molecular complexity index is 708. The van der Waals surface area contributed by atoms with Crippen LogP contribution in [-0.2, 0) is 16.1 Å². The molecule has 0 fully saturated rings. The predicted molar refractivity (Wildman–Crippen MR) is 84.4 cm³/mol. The van der Waals surface area contributed by atoms with E-state index in [-0.39, 0.29) is 19.1 Å². The van der Waals surface area contributed by atoms with Gasteiger partial charge in [-0.05, 0) is 32.9 Å². The molecule has 6 heteroatoms. The molecule has 1 aromatic carbocycles. The van der Waals surface area contributed by atoms with Gasteiger partial charge in [-0.15, -0.1) is 0 Å². The highest BCUT2D eigenvalue weighted by Gasteiger charge is 2.34. The molecular weight excluding hydrogens is 296 g/mol. The summed E-state index contributed by atoms with van der Waals surface area (Å²) in [7, 11) is 0. The van der Waals surface area contributed by atoms with Gasteiger partial charge >= 0.3 is 0 Å². The molecule has 1 aliphatic heterocycles. The fourth-order valence-electron chi connectivity index (χ4n) is 2.59. The molecule has 1 aromatic heterocycles. The second-order valence-corrected chi connectivity index (χ2v) is 6.24. The topological polar surface area (TPSA) is 64.8 Å². The Kier molecular flexibility index (Phi) is 4.09. The molecule has 0 saturated heterocycles. The molecule has 0 N–H and O–H groups in total. The van der Waals surface area contributed by atoms with Crippen LogP contribution in [0.5, 0.6) is 5.75 Å². The SMILES string of the molecule is Cc1cc(COCC(=O)N2CC(C)(C)Oc3ccccc32)on1. The van der Waals surface area contributed by atoms with E-state index in [1.165, 1.54) is 0 Å². The highest BCUT2D eigenvalue weighted by Crippen LogP contribution is 2.36. The van der Waals surface area contributed by atoms with Gasteiger partial charge in [0.1, 0.15) is 24.6 Å². The van der Waals surface area contributed by atoms with Crippen LogP contribution in [0.4, 0.5) is 5.69 Å². The monoisotopic (exact) mass is 316 g/mol. The van der Waals surface area contributed by atoms with Crippen molar-refractivity contribution in [3.05, 3.63) is 41.8 Å². The minimum atomic E-state index is -0.438. The average molecular weight is 316 g/mol. The molecule has 122 valence electrons. The lowest BCUT2D eigenvalue weighted by Crippen LogP contribution is -2.50. The van der Waals surface area contributed by atoms with E-state index >= 15 is 0 Å². The first-order valence-electron chi connectivity index (χ1n) is 7.53. The first kappa shape index (κ1) is 15.6. The second kappa shape index (κ2) is 6.04. The lowest BCUT2D eigenvalue weighted by Gasteiger charge is -2.39. The van der Waals surface area contributed by atoms with Gasteiger partial charge in [0.2, 0.25) is 0 Å². The minimum absolute atomic E-state index is 0.0236. The minimum Gasteiger partial charge on any atom is -0.484 e. The Morgan fingerprint density at radius 2 is 2.17 bits per heavy atom. The van der Waals surface area contributed by atoms with E-state index in [4.69, 9.17) is 14.0 Å². The lowest BCUT2D eigenvalue weighted by atomic mass is 10.1. The molecule has 0 aliphatic carbocycles.